The predicted octanol–water partition coefficient (Wildman–Crippen LogP) is 1.32. The zero-order valence-corrected chi connectivity index (χ0v) is 12.6. The Labute approximate surface area is 121 Å². The van der Waals surface area contributed by atoms with Crippen LogP contribution in [0.5, 0.6) is 0 Å². The predicted molar refractivity (Wildman–Crippen MR) is 80.0 cm³/mol. The van der Waals surface area contributed by atoms with Crippen molar-refractivity contribution in [1.82, 2.24) is 14.5 Å². The maximum absolute atomic E-state index is 5.37. The molecule has 3 rings (SSSR count). The number of nitrogens with zero attached hydrogens (tertiary/aromatic N) is 4. The van der Waals surface area contributed by atoms with E-state index in [1.165, 1.54) is 5.17 Å². The van der Waals surface area contributed by atoms with Crippen LogP contribution in [0, 0.1) is 0 Å². The zero-order chi connectivity index (χ0) is 13.1. The molecule has 19 heavy (non-hydrogen) atoms. The Bertz CT molecular complexity index is 456. The first-order valence-electron chi connectivity index (χ1n) is 6.47. The van der Waals surface area contributed by atoms with E-state index in [1.807, 2.05) is 43.0 Å². The van der Waals surface area contributed by atoms with Gasteiger partial charge >= 0.3 is 0 Å². The third-order valence-corrected chi connectivity index (χ3v) is 5.84. The van der Waals surface area contributed by atoms with Gasteiger partial charge in [0.1, 0.15) is 0 Å². The van der Waals surface area contributed by atoms with Crippen molar-refractivity contribution in [2.45, 2.75) is 10.4 Å². The maximum Gasteiger partial charge on any atom is 0.167 e. The van der Waals surface area contributed by atoms with Crippen LogP contribution in [0.2, 0.25) is 0 Å². The fourth-order valence-corrected chi connectivity index (χ4v) is 4.32. The van der Waals surface area contributed by atoms with Gasteiger partial charge < -0.3 is 14.2 Å². The summed E-state index contributed by atoms with van der Waals surface area (Å²) in [5, 5.41) is 2.86. The smallest absolute Gasteiger partial charge is 0.167 e. The lowest BCUT2D eigenvalue weighted by molar-refractivity contribution is 0.0693. The molecular formula is C12H18N4OS2. The minimum absolute atomic E-state index is 0.569. The molecule has 1 aromatic heterocycles. The van der Waals surface area contributed by atoms with E-state index in [2.05, 4.69) is 19.4 Å². The number of aryl methyl sites for hydroxylation is 1. The summed E-state index contributed by atoms with van der Waals surface area (Å²) in [5.41, 5.74) is 0. The van der Waals surface area contributed by atoms with Crippen LogP contribution in [0.25, 0.3) is 0 Å². The van der Waals surface area contributed by atoms with Crippen molar-refractivity contribution in [2.24, 2.45) is 12.0 Å². The molecule has 2 aliphatic rings. The second-order valence-corrected chi connectivity index (χ2v) is 6.85. The molecule has 1 atom stereocenters. The van der Waals surface area contributed by atoms with Crippen molar-refractivity contribution in [1.29, 1.82) is 0 Å². The van der Waals surface area contributed by atoms with E-state index in [4.69, 9.17) is 4.74 Å². The van der Waals surface area contributed by atoms with Gasteiger partial charge in [-0.2, -0.15) is 0 Å². The average molecular weight is 298 g/mol. The van der Waals surface area contributed by atoms with Crippen LogP contribution in [0.3, 0.4) is 0 Å². The van der Waals surface area contributed by atoms with Crippen molar-refractivity contribution in [2.75, 3.05) is 38.6 Å². The highest BCUT2D eigenvalue weighted by atomic mass is 32.2. The lowest BCUT2D eigenvalue weighted by Crippen LogP contribution is -2.39. The van der Waals surface area contributed by atoms with E-state index in [9.17, 15) is 0 Å². The molecule has 1 fully saturated rings. The number of aliphatic imine (C=N–C) groups is 1. The monoisotopic (exact) mass is 298 g/mol. The Morgan fingerprint density at radius 3 is 3.05 bits per heavy atom. The third kappa shape index (κ3) is 3.27. The van der Waals surface area contributed by atoms with Gasteiger partial charge in [0.2, 0.25) is 0 Å². The molecule has 1 unspecified atom stereocenters. The Balaban J connectivity index is 1.47. The van der Waals surface area contributed by atoms with Crippen LogP contribution in [-0.4, -0.2) is 63.5 Å². The number of aromatic nitrogens is 2. The molecule has 0 amide bonds. The number of ether oxygens (including phenoxy) is 1. The van der Waals surface area contributed by atoms with Crippen molar-refractivity contribution < 1.29 is 4.74 Å². The summed E-state index contributed by atoms with van der Waals surface area (Å²) in [6.07, 6.45) is 3.83. The fourth-order valence-electron chi connectivity index (χ4n) is 2.08. The van der Waals surface area contributed by atoms with Gasteiger partial charge in [0.15, 0.2) is 10.3 Å². The standard InChI is InChI=1S/C12H18N4OS2/c1-15-3-2-13-11(15)18-9-10-8-14-12(19-10)16-4-6-17-7-5-16/h2-3,10H,4-9H2,1H3. The van der Waals surface area contributed by atoms with Gasteiger partial charge in [0.25, 0.3) is 0 Å². The minimum atomic E-state index is 0.569. The molecule has 1 aromatic rings. The molecule has 2 aliphatic heterocycles. The summed E-state index contributed by atoms with van der Waals surface area (Å²) in [7, 11) is 2.03. The van der Waals surface area contributed by atoms with E-state index in [0.717, 1.165) is 43.8 Å². The normalized spacial score (nSPS) is 23.7. The Hall–Kier alpha value is -0.660. The van der Waals surface area contributed by atoms with Crippen LogP contribution < -0.4 is 0 Å². The molecule has 0 spiro atoms. The van der Waals surface area contributed by atoms with E-state index in [1.54, 1.807) is 0 Å². The number of amidine groups is 1. The lowest BCUT2D eigenvalue weighted by atomic mass is 10.4. The minimum Gasteiger partial charge on any atom is -0.378 e. The molecular weight excluding hydrogens is 280 g/mol. The van der Waals surface area contributed by atoms with Crippen LogP contribution in [0.1, 0.15) is 0 Å². The highest BCUT2D eigenvalue weighted by Gasteiger charge is 2.25. The van der Waals surface area contributed by atoms with Gasteiger partial charge in [0.05, 0.1) is 19.8 Å². The molecule has 0 radical (unpaired) electrons. The van der Waals surface area contributed by atoms with E-state index in [0.29, 0.717) is 5.25 Å². The van der Waals surface area contributed by atoms with Gasteiger partial charge in [-0.05, 0) is 0 Å². The molecule has 104 valence electrons. The summed E-state index contributed by atoms with van der Waals surface area (Å²) in [4.78, 5) is 11.4. The van der Waals surface area contributed by atoms with Crippen molar-refractivity contribution in [3.05, 3.63) is 12.4 Å². The molecule has 7 heteroatoms. The first-order valence-corrected chi connectivity index (χ1v) is 8.33. The summed E-state index contributed by atoms with van der Waals surface area (Å²) in [5.74, 6) is 1.06. The Morgan fingerprint density at radius 1 is 1.47 bits per heavy atom. The van der Waals surface area contributed by atoms with Crippen molar-refractivity contribution in [3.63, 3.8) is 0 Å². The molecule has 3 heterocycles. The Morgan fingerprint density at radius 2 is 2.32 bits per heavy atom. The van der Waals surface area contributed by atoms with Gasteiger partial charge in [0, 0.05) is 43.5 Å². The van der Waals surface area contributed by atoms with Crippen molar-refractivity contribution in [3.8, 4) is 0 Å². The Kier molecular flexibility index (Phi) is 4.35. The number of hydrogen-bond donors (Lipinski definition) is 0. The van der Waals surface area contributed by atoms with Crippen molar-refractivity contribution >= 4 is 28.7 Å². The molecule has 0 saturated carbocycles. The first-order chi connectivity index (χ1) is 9.33. The summed E-state index contributed by atoms with van der Waals surface area (Å²) < 4.78 is 7.44. The number of morpholine rings is 1. The fraction of sp³-hybridized carbons (Fsp3) is 0.667. The number of thioether (sulfide) groups is 2. The number of hydrogen-bond acceptors (Lipinski definition) is 6. The highest BCUT2D eigenvalue weighted by Crippen LogP contribution is 2.28. The second kappa shape index (κ2) is 6.19. The summed E-state index contributed by atoms with van der Waals surface area (Å²) in [6, 6.07) is 0. The first kappa shape index (κ1) is 13.3. The van der Waals surface area contributed by atoms with Gasteiger partial charge in [-0.1, -0.05) is 23.5 Å². The van der Waals surface area contributed by atoms with Crippen LogP contribution >= 0.6 is 23.5 Å². The number of rotatable bonds is 3. The third-order valence-electron chi connectivity index (χ3n) is 3.16. The summed E-state index contributed by atoms with van der Waals surface area (Å²) in [6.45, 7) is 4.53. The van der Waals surface area contributed by atoms with E-state index in [-0.39, 0.29) is 0 Å². The topological polar surface area (TPSA) is 42.7 Å². The second-order valence-electron chi connectivity index (χ2n) is 4.59. The SMILES string of the molecule is Cn1ccnc1SCC1CN=C(N2CCOCC2)S1. The molecule has 5 nitrogen and oxygen atoms in total. The lowest BCUT2D eigenvalue weighted by Gasteiger charge is -2.28. The summed E-state index contributed by atoms with van der Waals surface area (Å²) >= 11 is 3.72. The van der Waals surface area contributed by atoms with Crippen LogP contribution in [-0.2, 0) is 11.8 Å². The number of imidazole rings is 1. The van der Waals surface area contributed by atoms with Crippen LogP contribution in [0.4, 0.5) is 0 Å². The van der Waals surface area contributed by atoms with Gasteiger partial charge in [-0.3, -0.25) is 4.99 Å². The molecule has 0 aliphatic carbocycles. The maximum atomic E-state index is 5.37. The van der Waals surface area contributed by atoms with Gasteiger partial charge in [-0.15, -0.1) is 0 Å². The van der Waals surface area contributed by atoms with Gasteiger partial charge in [-0.25, -0.2) is 4.98 Å². The largest absolute Gasteiger partial charge is 0.378 e. The van der Waals surface area contributed by atoms with E-state index >= 15 is 0 Å². The molecule has 0 aromatic carbocycles. The molecule has 1 saturated heterocycles. The zero-order valence-electron chi connectivity index (χ0n) is 11.0. The molecule has 0 bridgehead atoms. The quantitative estimate of drug-likeness (QED) is 0.787. The van der Waals surface area contributed by atoms with Crippen LogP contribution in [0.15, 0.2) is 22.5 Å². The van der Waals surface area contributed by atoms with E-state index < -0.39 is 0 Å². The highest BCUT2D eigenvalue weighted by molar-refractivity contribution is 8.15. The average Bonchev–Trinajstić information content (AvgIpc) is 3.06. The molecule has 0 N–H and O–H groups in total.